The minimum Gasteiger partial charge on any atom is -0.391 e. The van der Waals surface area contributed by atoms with Crippen LogP contribution in [0.4, 0.5) is 0 Å². The summed E-state index contributed by atoms with van der Waals surface area (Å²) in [7, 11) is 0. The van der Waals surface area contributed by atoms with Gasteiger partial charge in [-0.15, -0.1) is 11.3 Å². The zero-order chi connectivity index (χ0) is 30.7. The van der Waals surface area contributed by atoms with Crippen LogP contribution in [0.2, 0.25) is 0 Å². The molecule has 14 heteroatoms. The molecule has 3 atom stereocenters. The van der Waals surface area contributed by atoms with E-state index < -0.39 is 35.4 Å². The Morgan fingerprint density at radius 3 is 2.57 bits per heavy atom. The normalized spacial score (nSPS) is 17.4. The zero-order valence-electron chi connectivity index (χ0n) is 24.4. The second kappa shape index (κ2) is 15.6. The number of ether oxygens (including phenoxy) is 2. The second-order valence-electron chi connectivity index (χ2n) is 11.1. The van der Waals surface area contributed by atoms with E-state index in [0.717, 1.165) is 21.7 Å². The number of thiazole rings is 1. The lowest BCUT2D eigenvalue weighted by Gasteiger charge is -2.35. The summed E-state index contributed by atoms with van der Waals surface area (Å²) in [5.41, 5.74) is 12.3. The van der Waals surface area contributed by atoms with Gasteiger partial charge in [0.25, 0.3) is 0 Å². The van der Waals surface area contributed by atoms with E-state index in [-0.39, 0.29) is 58.4 Å². The van der Waals surface area contributed by atoms with Crippen molar-refractivity contribution >= 4 is 29.1 Å². The topological polar surface area (TPSA) is 179 Å². The van der Waals surface area contributed by atoms with E-state index in [2.05, 4.69) is 25.6 Å². The van der Waals surface area contributed by atoms with Gasteiger partial charge in [0.15, 0.2) is 0 Å². The largest absolute Gasteiger partial charge is 0.391 e. The van der Waals surface area contributed by atoms with Gasteiger partial charge in [0.05, 0.1) is 42.0 Å². The number of benzene rings is 1. The standard InChI is InChI=1S/C28H39N7O6S/c1-18-24(42-17-31-18)20-7-5-19(6-8-20)14-30-26(38)22-13-21(36)15-35(22)27(39)25(28(2,3)4)33-23(37)16-41-12-11-40-10-9-32-34-29/h5-8,17,21-22,25,36H,9-16H2,1-4H3,(H,30,38)(H,33,37)/t21-,22+,25?/m1/s1. The van der Waals surface area contributed by atoms with Gasteiger partial charge in [-0.2, -0.15) is 0 Å². The summed E-state index contributed by atoms with van der Waals surface area (Å²) < 4.78 is 10.6. The van der Waals surface area contributed by atoms with E-state index in [9.17, 15) is 19.5 Å². The number of carbonyl (C=O) groups is 3. The number of hydrogen-bond acceptors (Lipinski definition) is 9. The SMILES string of the molecule is Cc1ncsc1-c1ccc(CNC(=O)[C@@H]2C[C@@H](O)CN2C(=O)C(NC(=O)COCCOCCN=[N+]=[N-])C(C)(C)C)cc1. The van der Waals surface area contributed by atoms with Crippen molar-refractivity contribution < 1.29 is 29.0 Å². The summed E-state index contributed by atoms with van der Waals surface area (Å²) in [6, 6.07) is 6.02. The summed E-state index contributed by atoms with van der Waals surface area (Å²) in [5.74, 6) is -1.31. The van der Waals surface area contributed by atoms with Gasteiger partial charge < -0.3 is 30.1 Å². The van der Waals surface area contributed by atoms with E-state index >= 15 is 0 Å². The van der Waals surface area contributed by atoms with Gasteiger partial charge in [-0.05, 0) is 29.0 Å². The van der Waals surface area contributed by atoms with Crippen LogP contribution in [0.1, 0.15) is 38.4 Å². The molecule has 1 aliphatic heterocycles. The Bertz CT molecular complexity index is 1260. The molecule has 1 fully saturated rings. The Hall–Kier alpha value is -3.55. The molecule has 1 unspecified atom stereocenters. The van der Waals surface area contributed by atoms with Gasteiger partial charge in [-0.25, -0.2) is 4.98 Å². The molecule has 0 bridgehead atoms. The average molecular weight is 602 g/mol. The third-order valence-corrected chi connectivity index (χ3v) is 7.69. The van der Waals surface area contributed by atoms with Crippen LogP contribution in [-0.4, -0.2) is 90.4 Å². The number of aliphatic hydroxyl groups is 1. The van der Waals surface area contributed by atoms with Gasteiger partial charge in [-0.1, -0.05) is 50.2 Å². The molecule has 3 amide bonds. The monoisotopic (exact) mass is 601 g/mol. The highest BCUT2D eigenvalue weighted by Gasteiger charge is 2.44. The van der Waals surface area contributed by atoms with Crippen molar-refractivity contribution in [2.75, 3.05) is 39.5 Å². The molecule has 0 saturated carbocycles. The van der Waals surface area contributed by atoms with Crippen LogP contribution in [0.5, 0.6) is 0 Å². The van der Waals surface area contributed by atoms with Crippen molar-refractivity contribution in [3.63, 3.8) is 0 Å². The van der Waals surface area contributed by atoms with Crippen molar-refractivity contribution in [2.45, 2.75) is 58.8 Å². The number of hydrogen-bond donors (Lipinski definition) is 3. The molecule has 1 aromatic carbocycles. The third kappa shape index (κ3) is 9.50. The lowest BCUT2D eigenvalue weighted by Crippen LogP contribution is -2.58. The molecule has 1 saturated heterocycles. The molecular formula is C28H39N7O6S. The number of carbonyl (C=O) groups excluding carboxylic acids is 3. The number of amides is 3. The number of aliphatic hydroxyl groups excluding tert-OH is 1. The number of likely N-dealkylation sites (tertiary alicyclic amines) is 1. The maximum atomic E-state index is 13.7. The van der Waals surface area contributed by atoms with Gasteiger partial charge in [0.1, 0.15) is 18.7 Å². The Labute approximate surface area is 249 Å². The Morgan fingerprint density at radius 1 is 1.21 bits per heavy atom. The number of aromatic nitrogens is 1. The number of nitrogens with one attached hydrogen (secondary N) is 2. The first-order valence-corrected chi connectivity index (χ1v) is 14.6. The van der Waals surface area contributed by atoms with Gasteiger partial charge in [0, 0.05) is 31.0 Å². The first-order valence-electron chi connectivity index (χ1n) is 13.7. The second-order valence-corrected chi connectivity index (χ2v) is 11.9. The maximum absolute atomic E-state index is 13.7. The fourth-order valence-electron chi connectivity index (χ4n) is 4.52. The van der Waals surface area contributed by atoms with Crippen molar-refractivity contribution in [3.05, 3.63) is 51.5 Å². The lowest BCUT2D eigenvalue weighted by molar-refractivity contribution is -0.144. The van der Waals surface area contributed by atoms with Crippen LogP contribution >= 0.6 is 11.3 Å². The number of azide groups is 1. The lowest BCUT2D eigenvalue weighted by atomic mass is 9.85. The molecular weight excluding hydrogens is 562 g/mol. The highest BCUT2D eigenvalue weighted by atomic mass is 32.1. The van der Waals surface area contributed by atoms with Gasteiger partial charge >= 0.3 is 0 Å². The quantitative estimate of drug-likeness (QED) is 0.129. The molecule has 2 heterocycles. The average Bonchev–Trinajstić information content (AvgIpc) is 3.56. The molecule has 3 rings (SSSR count). The number of β-amino-alcohol motifs (C(OH)–C–C–N with tert-alkyl or cyclic N) is 1. The molecule has 3 N–H and O–H groups in total. The van der Waals surface area contributed by atoms with E-state index in [0.29, 0.717) is 0 Å². The smallest absolute Gasteiger partial charge is 0.246 e. The van der Waals surface area contributed by atoms with Crippen molar-refractivity contribution in [2.24, 2.45) is 10.5 Å². The predicted octanol–water partition coefficient (Wildman–Crippen LogP) is 2.57. The molecule has 1 aromatic heterocycles. The van der Waals surface area contributed by atoms with Crippen molar-refractivity contribution in [1.29, 1.82) is 0 Å². The number of aryl methyl sites for hydroxylation is 1. The van der Waals surface area contributed by atoms with Crippen molar-refractivity contribution in [1.82, 2.24) is 20.5 Å². The fourth-order valence-corrected chi connectivity index (χ4v) is 5.33. The van der Waals surface area contributed by atoms with E-state index in [1.54, 1.807) is 16.8 Å². The third-order valence-electron chi connectivity index (χ3n) is 6.72. The van der Waals surface area contributed by atoms with Crippen LogP contribution in [0.15, 0.2) is 34.9 Å². The molecule has 2 aromatic rings. The highest BCUT2D eigenvalue weighted by Crippen LogP contribution is 2.28. The maximum Gasteiger partial charge on any atom is 0.246 e. The molecule has 0 radical (unpaired) electrons. The van der Waals surface area contributed by atoms with Crippen LogP contribution in [0.25, 0.3) is 20.9 Å². The summed E-state index contributed by atoms with van der Waals surface area (Å²) >= 11 is 1.57. The fraction of sp³-hybridized carbons (Fsp3) is 0.571. The Morgan fingerprint density at radius 2 is 1.93 bits per heavy atom. The summed E-state index contributed by atoms with van der Waals surface area (Å²) in [4.78, 5) is 48.8. The zero-order valence-corrected chi connectivity index (χ0v) is 25.2. The molecule has 42 heavy (non-hydrogen) atoms. The molecule has 0 aliphatic carbocycles. The highest BCUT2D eigenvalue weighted by molar-refractivity contribution is 7.13. The summed E-state index contributed by atoms with van der Waals surface area (Å²) in [5, 5.41) is 19.4. The van der Waals surface area contributed by atoms with Gasteiger partial charge in [-0.3, -0.25) is 14.4 Å². The van der Waals surface area contributed by atoms with E-state index in [1.807, 2.05) is 52.0 Å². The molecule has 13 nitrogen and oxygen atoms in total. The van der Waals surface area contributed by atoms with E-state index in [1.165, 1.54) is 4.90 Å². The number of rotatable bonds is 14. The minimum atomic E-state index is -0.947. The van der Waals surface area contributed by atoms with Crippen LogP contribution in [0, 0.1) is 12.3 Å². The molecule has 1 aliphatic rings. The Kier molecular flexibility index (Phi) is 12.3. The predicted molar refractivity (Wildman–Crippen MR) is 157 cm³/mol. The minimum absolute atomic E-state index is 0.00798. The van der Waals surface area contributed by atoms with Crippen LogP contribution in [-0.2, 0) is 30.4 Å². The van der Waals surface area contributed by atoms with Crippen LogP contribution < -0.4 is 10.6 Å². The van der Waals surface area contributed by atoms with Crippen LogP contribution in [0.3, 0.4) is 0 Å². The van der Waals surface area contributed by atoms with Crippen molar-refractivity contribution in [3.8, 4) is 10.4 Å². The van der Waals surface area contributed by atoms with Gasteiger partial charge in [0.2, 0.25) is 17.7 Å². The summed E-state index contributed by atoms with van der Waals surface area (Å²) in [6.07, 6.45) is -0.750. The van der Waals surface area contributed by atoms with E-state index in [4.69, 9.17) is 15.0 Å². The first kappa shape index (κ1) is 33.0. The molecule has 0 spiro atoms. The molecule has 228 valence electrons. The Balaban J connectivity index is 1.55. The summed E-state index contributed by atoms with van der Waals surface area (Å²) in [6.45, 7) is 8.19. The first-order chi connectivity index (χ1) is 20.0. The number of nitrogens with zero attached hydrogens (tertiary/aromatic N) is 5.